The smallest absolute Gasteiger partial charge is 0.0991 e. The monoisotopic (exact) mass is 640 g/mol. The molecule has 0 aliphatic rings. The van der Waals surface area contributed by atoms with Crippen LogP contribution in [0.25, 0.3) is 86.3 Å². The molecule has 226 valence electrons. The Balaban J connectivity index is 1.16. The molecule has 0 radical (unpaired) electrons. The molecule has 5 heteroatoms. The van der Waals surface area contributed by atoms with Crippen LogP contribution in [0.1, 0.15) is 11.1 Å². The minimum atomic E-state index is 0.659. The van der Waals surface area contributed by atoms with Gasteiger partial charge in [0.25, 0.3) is 0 Å². The van der Waals surface area contributed by atoms with E-state index in [4.69, 9.17) is 0 Å². The molecule has 10 aromatic rings. The van der Waals surface area contributed by atoms with Crippen LogP contribution in [0.5, 0.6) is 0 Å². The number of benzene rings is 7. The van der Waals surface area contributed by atoms with Gasteiger partial charge in [0.05, 0.1) is 45.3 Å². The molecule has 7 aromatic carbocycles. The first kappa shape index (κ1) is 27.5. The summed E-state index contributed by atoms with van der Waals surface area (Å²) >= 11 is 1.77. The summed E-state index contributed by atoms with van der Waals surface area (Å²) in [6, 6.07) is 55.6. The second kappa shape index (κ2) is 10.4. The molecule has 0 aliphatic heterocycles. The van der Waals surface area contributed by atoms with Gasteiger partial charge in [-0.1, -0.05) is 60.7 Å². The van der Waals surface area contributed by atoms with Gasteiger partial charge in [0.15, 0.2) is 0 Å². The highest BCUT2D eigenvalue weighted by molar-refractivity contribution is 7.25. The van der Waals surface area contributed by atoms with Crippen LogP contribution >= 0.6 is 11.3 Å². The van der Waals surface area contributed by atoms with Gasteiger partial charge in [-0.3, -0.25) is 0 Å². The van der Waals surface area contributed by atoms with E-state index in [2.05, 4.69) is 143 Å². The Labute approximate surface area is 285 Å². The average Bonchev–Trinajstić information content (AvgIpc) is 3.80. The summed E-state index contributed by atoms with van der Waals surface area (Å²) in [7, 11) is 0. The minimum Gasteiger partial charge on any atom is -0.309 e. The zero-order valence-corrected chi connectivity index (χ0v) is 26.9. The van der Waals surface area contributed by atoms with Gasteiger partial charge in [-0.25, -0.2) is 0 Å². The Morgan fingerprint density at radius 1 is 0.388 bits per heavy atom. The summed E-state index contributed by atoms with van der Waals surface area (Å²) in [4.78, 5) is 0. The Morgan fingerprint density at radius 2 is 0.918 bits per heavy atom. The fourth-order valence-corrected chi connectivity index (χ4v) is 8.66. The van der Waals surface area contributed by atoms with Crippen molar-refractivity contribution in [1.82, 2.24) is 9.13 Å². The first-order chi connectivity index (χ1) is 24.2. The Kier molecular flexibility index (Phi) is 5.84. The van der Waals surface area contributed by atoms with Crippen LogP contribution in [0, 0.1) is 22.7 Å². The number of fused-ring (bicyclic) bond motifs is 9. The van der Waals surface area contributed by atoms with Crippen LogP contribution in [-0.2, 0) is 0 Å². The summed E-state index contributed by atoms with van der Waals surface area (Å²) in [5.41, 5.74) is 10.3. The summed E-state index contributed by atoms with van der Waals surface area (Å²) in [6.45, 7) is 0. The zero-order chi connectivity index (χ0) is 32.6. The highest BCUT2D eigenvalue weighted by Crippen LogP contribution is 2.41. The first-order valence-corrected chi connectivity index (χ1v) is 16.9. The van der Waals surface area contributed by atoms with Gasteiger partial charge >= 0.3 is 0 Å². The van der Waals surface area contributed by atoms with Crippen molar-refractivity contribution in [2.45, 2.75) is 0 Å². The Hall–Kier alpha value is -6.66. The quantitative estimate of drug-likeness (QED) is 0.193. The number of nitrogens with zero attached hydrogens (tertiary/aromatic N) is 4. The maximum absolute atomic E-state index is 9.59. The number of hydrogen-bond donors (Lipinski definition) is 0. The van der Waals surface area contributed by atoms with Crippen molar-refractivity contribution in [3.05, 3.63) is 157 Å². The molecule has 10 rings (SSSR count). The number of aromatic nitrogens is 2. The molecular weight excluding hydrogens is 617 g/mol. The molecule has 0 aliphatic carbocycles. The molecule has 0 N–H and O–H groups in total. The van der Waals surface area contributed by atoms with E-state index in [9.17, 15) is 10.5 Å². The lowest BCUT2D eigenvalue weighted by Crippen LogP contribution is -1.96. The number of para-hydroxylation sites is 2. The van der Waals surface area contributed by atoms with Crippen LogP contribution < -0.4 is 0 Å². The topological polar surface area (TPSA) is 57.4 Å². The zero-order valence-electron chi connectivity index (χ0n) is 26.1. The molecule has 0 saturated heterocycles. The maximum atomic E-state index is 9.59. The van der Waals surface area contributed by atoms with Crippen molar-refractivity contribution >= 4 is 75.1 Å². The highest BCUT2D eigenvalue weighted by atomic mass is 32.1. The Bertz CT molecular complexity index is 3090. The van der Waals surface area contributed by atoms with Gasteiger partial charge in [-0.15, -0.1) is 11.3 Å². The number of thiophene rings is 1. The van der Waals surface area contributed by atoms with E-state index in [1.807, 2.05) is 24.3 Å². The fraction of sp³-hybridized carbons (Fsp3) is 0. The average molecular weight is 641 g/mol. The van der Waals surface area contributed by atoms with E-state index in [-0.39, 0.29) is 0 Å². The molecule has 0 unspecified atom stereocenters. The van der Waals surface area contributed by atoms with Gasteiger partial charge in [-0.05, 0) is 96.1 Å². The second-order valence-corrected chi connectivity index (χ2v) is 13.5. The lowest BCUT2D eigenvalue weighted by atomic mass is 10.0. The first-order valence-electron chi connectivity index (χ1n) is 16.1. The van der Waals surface area contributed by atoms with E-state index in [1.165, 1.54) is 25.6 Å². The van der Waals surface area contributed by atoms with Crippen LogP contribution in [0.4, 0.5) is 0 Å². The van der Waals surface area contributed by atoms with Crippen molar-refractivity contribution in [1.29, 1.82) is 10.5 Å². The molecule has 0 spiro atoms. The van der Waals surface area contributed by atoms with Crippen molar-refractivity contribution in [2.75, 3.05) is 0 Å². The summed E-state index contributed by atoms with van der Waals surface area (Å²) in [5, 5.41) is 26.1. The van der Waals surface area contributed by atoms with Crippen molar-refractivity contribution in [3.8, 4) is 34.6 Å². The summed E-state index contributed by atoms with van der Waals surface area (Å²) < 4.78 is 7.07. The lowest BCUT2D eigenvalue weighted by molar-refractivity contribution is 1.17. The predicted molar refractivity (Wildman–Crippen MR) is 203 cm³/mol. The van der Waals surface area contributed by atoms with Gasteiger partial charge in [-0.2, -0.15) is 10.5 Å². The third kappa shape index (κ3) is 4.07. The van der Waals surface area contributed by atoms with E-state index in [1.54, 1.807) is 11.3 Å². The molecule has 0 fully saturated rings. The lowest BCUT2D eigenvalue weighted by Gasteiger charge is -2.13. The minimum absolute atomic E-state index is 0.659. The van der Waals surface area contributed by atoms with Gasteiger partial charge in [0, 0.05) is 53.1 Å². The molecule has 0 saturated carbocycles. The largest absolute Gasteiger partial charge is 0.309 e. The van der Waals surface area contributed by atoms with Gasteiger partial charge in [0.1, 0.15) is 0 Å². The standard InChI is InChI=1S/C44H24N4S/c45-25-27-15-17-41-35(19-27)33-11-1-3-13-39(33)47(41)31-9-5-7-29(21-31)30-8-6-10-32(22-30)48-40-14-4-2-12-34(40)36-23-38-37-20-28(26-46)16-18-43(37)49-44(38)24-42(36)48/h1-24H. The third-order valence-electron chi connectivity index (χ3n) is 9.74. The molecule has 49 heavy (non-hydrogen) atoms. The number of hydrogen-bond acceptors (Lipinski definition) is 3. The van der Waals surface area contributed by atoms with Crippen LogP contribution in [0.2, 0.25) is 0 Å². The van der Waals surface area contributed by atoms with Crippen LogP contribution in [0.15, 0.2) is 146 Å². The SMILES string of the molecule is N#Cc1ccc2sc3cc4c(cc3c2c1)c1ccccc1n4-c1cccc(-c2cccc(-n3c4ccccc4c4cc(C#N)ccc43)c2)c1. The maximum Gasteiger partial charge on any atom is 0.0991 e. The molecule has 0 amide bonds. The summed E-state index contributed by atoms with van der Waals surface area (Å²) in [6.07, 6.45) is 0. The molecule has 3 aromatic heterocycles. The van der Waals surface area contributed by atoms with Crippen LogP contribution in [-0.4, -0.2) is 9.13 Å². The van der Waals surface area contributed by atoms with E-state index >= 15 is 0 Å². The molecular formula is C44H24N4S. The second-order valence-electron chi connectivity index (χ2n) is 12.4. The van der Waals surface area contributed by atoms with Crippen molar-refractivity contribution in [2.24, 2.45) is 0 Å². The highest BCUT2D eigenvalue weighted by Gasteiger charge is 2.17. The third-order valence-corrected chi connectivity index (χ3v) is 10.9. The van der Waals surface area contributed by atoms with Gasteiger partial charge < -0.3 is 9.13 Å². The van der Waals surface area contributed by atoms with Gasteiger partial charge in [0.2, 0.25) is 0 Å². The Morgan fingerprint density at radius 3 is 1.57 bits per heavy atom. The van der Waals surface area contributed by atoms with E-state index < -0.39 is 0 Å². The molecule has 4 nitrogen and oxygen atoms in total. The molecule has 3 heterocycles. The summed E-state index contributed by atoms with van der Waals surface area (Å²) in [5.74, 6) is 0. The van der Waals surface area contributed by atoms with Crippen molar-refractivity contribution in [3.63, 3.8) is 0 Å². The number of nitriles is 2. The van der Waals surface area contributed by atoms with Crippen LogP contribution in [0.3, 0.4) is 0 Å². The van der Waals surface area contributed by atoms with Crippen molar-refractivity contribution < 1.29 is 0 Å². The fourth-order valence-electron chi connectivity index (χ4n) is 7.56. The predicted octanol–water partition coefficient (Wildman–Crippen LogP) is 11.7. The molecule has 0 atom stereocenters. The normalized spacial score (nSPS) is 11.6. The van der Waals surface area contributed by atoms with E-state index in [0.29, 0.717) is 11.1 Å². The van der Waals surface area contributed by atoms with E-state index in [0.717, 1.165) is 60.7 Å². The molecule has 0 bridgehead atoms. The number of rotatable bonds is 3.